The minimum absolute atomic E-state index is 0.0134. The van der Waals surface area contributed by atoms with Crippen molar-refractivity contribution in [3.63, 3.8) is 0 Å². The van der Waals surface area contributed by atoms with E-state index < -0.39 is 0 Å². The zero-order chi connectivity index (χ0) is 19.2. The fourth-order valence-electron chi connectivity index (χ4n) is 3.12. The number of guanidine groups is 1. The maximum Gasteiger partial charge on any atom is 0.191 e. The van der Waals surface area contributed by atoms with E-state index in [0.717, 1.165) is 44.4 Å². The Labute approximate surface area is 157 Å². The Hall–Kier alpha value is -1.66. The molecule has 0 unspecified atom stereocenters. The van der Waals surface area contributed by atoms with Gasteiger partial charge in [0, 0.05) is 44.2 Å². The standard InChI is InChI=1S/C20H33FN4O/c1-19(2,16-7-6-8-17(21)13-16)14-23-18(22-5)24-15-20(3,4)25-9-11-26-12-10-25/h6-8,13H,9-12,14-15H2,1-5H3,(H2,22,23,24). The number of halogens is 1. The summed E-state index contributed by atoms with van der Waals surface area (Å²) in [5, 5.41) is 6.80. The van der Waals surface area contributed by atoms with Crippen molar-refractivity contribution in [1.29, 1.82) is 0 Å². The summed E-state index contributed by atoms with van der Waals surface area (Å²) in [5.74, 6) is 0.557. The third-order valence-corrected chi connectivity index (χ3v) is 5.08. The van der Waals surface area contributed by atoms with Crippen LogP contribution >= 0.6 is 0 Å². The van der Waals surface area contributed by atoms with Crippen LogP contribution in [-0.2, 0) is 10.2 Å². The molecule has 6 heteroatoms. The highest BCUT2D eigenvalue weighted by molar-refractivity contribution is 5.79. The summed E-state index contributed by atoms with van der Waals surface area (Å²) in [6, 6.07) is 6.79. The van der Waals surface area contributed by atoms with Crippen molar-refractivity contribution in [3.05, 3.63) is 35.6 Å². The van der Waals surface area contributed by atoms with Gasteiger partial charge in [0.25, 0.3) is 0 Å². The van der Waals surface area contributed by atoms with Gasteiger partial charge in [0.1, 0.15) is 5.82 Å². The zero-order valence-corrected chi connectivity index (χ0v) is 16.7. The zero-order valence-electron chi connectivity index (χ0n) is 16.7. The lowest BCUT2D eigenvalue weighted by Gasteiger charge is -2.41. The van der Waals surface area contributed by atoms with Gasteiger partial charge in [-0.1, -0.05) is 26.0 Å². The van der Waals surface area contributed by atoms with E-state index in [1.165, 1.54) is 6.07 Å². The maximum absolute atomic E-state index is 13.5. The van der Waals surface area contributed by atoms with Gasteiger partial charge in [-0.25, -0.2) is 4.39 Å². The van der Waals surface area contributed by atoms with Crippen molar-refractivity contribution in [2.24, 2.45) is 4.99 Å². The van der Waals surface area contributed by atoms with Gasteiger partial charge >= 0.3 is 0 Å². The van der Waals surface area contributed by atoms with Crippen molar-refractivity contribution < 1.29 is 9.13 Å². The average molecular weight is 365 g/mol. The first-order valence-corrected chi connectivity index (χ1v) is 9.28. The number of rotatable bonds is 6. The SMILES string of the molecule is CN=C(NCC(C)(C)c1cccc(F)c1)NCC(C)(C)N1CCOCC1. The summed E-state index contributed by atoms with van der Waals surface area (Å²) in [6.07, 6.45) is 0. The van der Waals surface area contributed by atoms with E-state index in [-0.39, 0.29) is 16.8 Å². The number of aliphatic imine (C=N–C) groups is 1. The highest BCUT2D eigenvalue weighted by atomic mass is 19.1. The molecule has 26 heavy (non-hydrogen) atoms. The molecular formula is C20H33FN4O. The van der Waals surface area contributed by atoms with E-state index in [4.69, 9.17) is 4.74 Å². The summed E-state index contributed by atoms with van der Waals surface area (Å²) < 4.78 is 19.0. The predicted molar refractivity (Wildman–Crippen MR) is 105 cm³/mol. The quantitative estimate of drug-likeness (QED) is 0.601. The van der Waals surface area contributed by atoms with Gasteiger partial charge in [0.05, 0.1) is 13.2 Å². The Morgan fingerprint density at radius 1 is 1.15 bits per heavy atom. The van der Waals surface area contributed by atoms with Crippen LogP contribution in [0.3, 0.4) is 0 Å². The highest BCUT2D eigenvalue weighted by Gasteiger charge is 2.28. The van der Waals surface area contributed by atoms with Gasteiger partial charge in [-0.2, -0.15) is 0 Å². The molecule has 0 aromatic heterocycles. The molecule has 0 bridgehead atoms. The first-order chi connectivity index (χ1) is 12.2. The molecule has 1 aliphatic rings. The lowest BCUT2D eigenvalue weighted by atomic mass is 9.84. The molecule has 0 saturated carbocycles. The Balaban J connectivity index is 1.89. The van der Waals surface area contributed by atoms with Crippen LogP contribution in [0.1, 0.15) is 33.3 Å². The Kier molecular flexibility index (Phi) is 7.01. The van der Waals surface area contributed by atoms with Crippen LogP contribution in [0.2, 0.25) is 0 Å². The third kappa shape index (κ3) is 5.68. The van der Waals surface area contributed by atoms with Crippen molar-refractivity contribution in [2.45, 2.75) is 38.6 Å². The number of morpholine rings is 1. The molecule has 1 fully saturated rings. The number of nitrogens with zero attached hydrogens (tertiary/aromatic N) is 2. The molecule has 0 spiro atoms. The van der Waals surface area contributed by atoms with Gasteiger partial charge in [-0.15, -0.1) is 0 Å². The predicted octanol–water partition coefficient (Wildman–Crippen LogP) is 2.38. The molecule has 0 radical (unpaired) electrons. The highest BCUT2D eigenvalue weighted by Crippen LogP contribution is 2.22. The van der Waals surface area contributed by atoms with E-state index in [1.807, 2.05) is 6.07 Å². The van der Waals surface area contributed by atoms with Crippen LogP contribution in [0, 0.1) is 5.82 Å². The molecule has 146 valence electrons. The lowest BCUT2D eigenvalue weighted by molar-refractivity contribution is -0.00834. The lowest BCUT2D eigenvalue weighted by Crippen LogP contribution is -2.57. The Bertz CT molecular complexity index is 610. The minimum atomic E-state index is -0.209. The minimum Gasteiger partial charge on any atom is -0.379 e. The fourth-order valence-corrected chi connectivity index (χ4v) is 3.12. The number of nitrogens with one attached hydrogen (secondary N) is 2. The molecule has 2 N–H and O–H groups in total. The van der Waals surface area contributed by atoms with Gasteiger partial charge < -0.3 is 15.4 Å². The Morgan fingerprint density at radius 3 is 2.42 bits per heavy atom. The number of hydrogen-bond acceptors (Lipinski definition) is 3. The molecule has 5 nitrogen and oxygen atoms in total. The number of ether oxygens (including phenoxy) is 1. The van der Waals surface area contributed by atoms with E-state index in [1.54, 1.807) is 19.2 Å². The largest absolute Gasteiger partial charge is 0.379 e. The molecule has 1 saturated heterocycles. The van der Waals surface area contributed by atoms with Crippen LogP contribution in [0.4, 0.5) is 4.39 Å². The smallest absolute Gasteiger partial charge is 0.191 e. The van der Waals surface area contributed by atoms with Crippen LogP contribution in [0.15, 0.2) is 29.3 Å². The summed E-state index contributed by atoms with van der Waals surface area (Å²) in [7, 11) is 1.77. The topological polar surface area (TPSA) is 48.9 Å². The van der Waals surface area contributed by atoms with Crippen molar-refractivity contribution >= 4 is 5.96 Å². The maximum atomic E-state index is 13.5. The van der Waals surface area contributed by atoms with Gasteiger partial charge in [-0.05, 0) is 31.5 Å². The van der Waals surface area contributed by atoms with Crippen LogP contribution in [-0.4, -0.2) is 62.8 Å². The van der Waals surface area contributed by atoms with E-state index in [9.17, 15) is 4.39 Å². The van der Waals surface area contributed by atoms with Crippen LogP contribution in [0.5, 0.6) is 0 Å². The molecule has 2 rings (SSSR count). The Morgan fingerprint density at radius 2 is 1.81 bits per heavy atom. The number of benzene rings is 1. The van der Waals surface area contributed by atoms with Crippen molar-refractivity contribution in [1.82, 2.24) is 15.5 Å². The summed E-state index contributed by atoms with van der Waals surface area (Å²) in [6.45, 7) is 13.6. The third-order valence-electron chi connectivity index (χ3n) is 5.08. The average Bonchev–Trinajstić information content (AvgIpc) is 2.62. The normalized spacial score (nSPS) is 17.2. The molecule has 1 aromatic carbocycles. The fraction of sp³-hybridized carbons (Fsp3) is 0.650. The first kappa shape index (κ1) is 20.6. The van der Waals surface area contributed by atoms with Crippen LogP contribution < -0.4 is 10.6 Å². The molecule has 0 amide bonds. The second-order valence-corrected chi connectivity index (χ2v) is 8.09. The second kappa shape index (κ2) is 8.82. The van der Waals surface area contributed by atoms with Crippen molar-refractivity contribution in [3.8, 4) is 0 Å². The van der Waals surface area contributed by atoms with Crippen molar-refractivity contribution in [2.75, 3.05) is 46.4 Å². The molecule has 0 atom stereocenters. The molecule has 1 aliphatic heterocycles. The van der Waals surface area contributed by atoms with Gasteiger partial charge in [0.2, 0.25) is 0 Å². The first-order valence-electron chi connectivity index (χ1n) is 9.28. The number of hydrogen-bond donors (Lipinski definition) is 2. The van der Waals surface area contributed by atoms with E-state index in [2.05, 4.69) is 48.2 Å². The van der Waals surface area contributed by atoms with E-state index >= 15 is 0 Å². The van der Waals surface area contributed by atoms with E-state index in [0.29, 0.717) is 6.54 Å². The van der Waals surface area contributed by atoms with Gasteiger partial charge in [-0.3, -0.25) is 9.89 Å². The van der Waals surface area contributed by atoms with Crippen LogP contribution in [0.25, 0.3) is 0 Å². The molecule has 1 aromatic rings. The summed E-state index contributed by atoms with van der Waals surface area (Å²) in [4.78, 5) is 6.77. The molecule has 1 heterocycles. The summed E-state index contributed by atoms with van der Waals surface area (Å²) in [5.41, 5.74) is 0.771. The summed E-state index contributed by atoms with van der Waals surface area (Å²) >= 11 is 0. The molecule has 0 aliphatic carbocycles. The monoisotopic (exact) mass is 364 g/mol. The van der Waals surface area contributed by atoms with Gasteiger partial charge in [0.15, 0.2) is 5.96 Å². The second-order valence-electron chi connectivity index (χ2n) is 8.09. The molecular weight excluding hydrogens is 331 g/mol.